The second-order valence-corrected chi connectivity index (χ2v) is 7.37. The van der Waals surface area contributed by atoms with Crippen molar-refractivity contribution in [3.05, 3.63) is 53.1 Å². The van der Waals surface area contributed by atoms with Crippen LogP contribution in [0.2, 0.25) is 0 Å². The Bertz CT molecular complexity index is 866. The summed E-state index contributed by atoms with van der Waals surface area (Å²) in [6.07, 6.45) is -2.28. The van der Waals surface area contributed by atoms with Crippen molar-refractivity contribution in [1.29, 1.82) is 0 Å². The highest BCUT2D eigenvalue weighted by atomic mass is 19.4. The molecule has 0 saturated carbocycles. The molecule has 156 valence electrons. The molecule has 1 unspecified atom stereocenters. The fourth-order valence-corrected chi connectivity index (χ4v) is 3.63. The van der Waals surface area contributed by atoms with E-state index in [2.05, 4.69) is 10.2 Å². The smallest absolute Gasteiger partial charge is 0.370 e. The zero-order valence-corrected chi connectivity index (χ0v) is 15.5. The highest BCUT2D eigenvalue weighted by molar-refractivity contribution is 5.76. The van der Waals surface area contributed by atoms with Gasteiger partial charge in [0.25, 0.3) is 0 Å². The van der Waals surface area contributed by atoms with E-state index in [4.69, 9.17) is 4.74 Å². The van der Waals surface area contributed by atoms with E-state index in [1.54, 1.807) is 16.0 Å². The van der Waals surface area contributed by atoms with Gasteiger partial charge in [-0.05, 0) is 24.6 Å². The fraction of sp³-hybridized carbons (Fsp3) is 0.474. The third kappa shape index (κ3) is 4.21. The van der Waals surface area contributed by atoms with Crippen molar-refractivity contribution in [3.63, 3.8) is 0 Å². The van der Waals surface area contributed by atoms with Crippen molar-refractivity contribution in [2.45, 2.75) is 31.2 Å². The molecule has 2 fully saturated rings. The predicted octanol–water partition coefficient (Wildman–Crippen LogP) is 3.38. The minimum Gasteiger partial charge on any atom is -0.370 e. The van der Waals surface area contributed by atoms with Crippen molar-refractivity contribution in [3.8, 4) is 0 Å². The van der Waals surface area contributed by atoms with Gasteiger partial charge < -0.3 is 14.5 Å². The van der Waals surface area contributed by atoms with Crippen LogP contribution >= 0.6 is 0 Å². The number of alkyl halides is 3. The lowest BCUT2D eigenvalue weighted by atomic mass is 10.1. The van der Waals surface area contributed by atoms with E-state index in [0.29, 0.717) is 32.2 Å². The van der Waals surface area contributed by atoms with Crippen LogP contribution in [0.4, 0.5) is 22.4 Å². The molecule has 2 aliphatic rings. The number of aromatic amines is 1. The standard InChI is InChI=1S/C19H20F4N4O2/c20-16-7-14(19(21,22)23)2-1-13(16)11-29-15-9-27(10-15)18(28)26-6-4-12(8-26)17-3-5-24-25-17/h1-3,5,7,12,15H,4,6,8-11H2,(H,24,25). The van der Waals surface area contributed by atoms with Gasteiger partial charge in [0.2, 0.25) is 0 Å². The van der Waals surface area contributed by atoms with Gasteiger partial charge in [-0.25, -0.2) is 9.18 Å². The maximum Gasteiger partial charge on any atom is 0.416 e. The number of aromatic nitrogens is 2. The Labute approximate surface area is 164 Å². The number of urea groups is 1. The van der Waals surface area contributed by atoms with Gasteiger partial charge in [0.05, 0.1) is 31.4 Å². The fourth-order valence-electron chi connectivity index (χ4n) is 3.63. The van der Waals surface area contributed by atoms with Crippen LogP contribution in [0.5, 0.6) is 0 Å². The summed E-state index contributed by atoms with van der Waals surface area (Å²) in [7, 11) is 0. The summed E-state index contributed by atoms with van der Waals surface area (Å²) in [5.41, 5.74) is 0.0478. The first-order chi connectivity index (χ1) is 13.8. The average molecular weight is 412 g/mol. The highest BCUT2D eigenvalue weighted by Gasteiger charge is 2.37. The third-order valence-electron chi connectivity index (χ3n) is 5.39. The zero-order valence-electron chi connectivity index (χ0n) is 15.5. The first kappa shape index (κ1) is 19.7. The Hall–Kier alpha value is -2.62. The number of rotatable bonds is 4. The first-order valence-electron chi connectivity index (χ1n) is 9.31. The minimum atomic E-state index is -4.58. The first-order valence-corrected chi connectivity index (χ1v) is 9.31. The van der Waals surface area contributed by atoms with Crippen LogP contribution < -0.4 is 0 Å². The molecule has 0 aliphatic carbocycles. The number of carbonyl (C=O) groups excluding carboxylic acids is 1. The van der Waals surface area contributed by atoms with E-state index >= 15 is 0 Å². The second kappa shape index (κ2) is 7.66. The Morgan fingerprint density at radius 1 is 1.21 bits per heavy atom. The van der Waals surface area contributed by atoms with Crippen molar-refractivity contribution < 1.29 is 27.1 Å². The number of nitrogens with zero attached hydrogens (tertiary/aromatic N) is 3. The summed E-state index contributed by atoms with van der Waals surface area (Å²) in [4.78, 5) is 16.0. The molecule has 6 nitrogen and oxygen atoms in total. The van der Waals surface area contributed by atoms with Crippen LogP contribution in [0.25, 0.3) is 0 Å². The summed E-state index contributed by atoms with van der Waals surface area (Å²) in [5, 5.41) is 6.88. The lowest BCUT2D eigenvalue weighted by molar-refractivity contribution is -0.137. The van der Waals surface area contributed by atoms with E-state index in [1.165, 1.54) is 0 Å². The molecule has 1 atom stereocenters. The molecule has 29 heavy (non-hydrogen) atoms. The van der Waals surface area contributed by atoms with Crippen molar-refractivity contribution >= 4 is 6.03 Å². The molecule has 1 N–H and O–H groups in total. The third-order valence-corrected chi connectivity index (χ3v) is 5.39. The number of H-pyrrole nitrogens is 1. The molecular formula is C19H20F4N4O2. The number of hydrogen-bond acceptors (Lipinski definition) is 3. The molecule has 3 heterocycles. The molecule has 1 aromatic heterocycles. The lowest BCUT2D eigenvalue weighted by Crippen LogP contribution is -2.58. The van der Waals surface area contributed by atoms with Crippen LogP contribution in [0.1, 0.15) is 29.2 Å². The largest absolute Gasteiger partial charge is 0.416 e. The summed E-state index contributed by atoms with van der Waals surface area (Å²) in [6, 6.07) is 4.24. The molecular weight excluding hydrogens is 392 g/mol. The number of likely N-dealkylation sites (tertiary alicyclic amines) is 2. The average Bonchev–Trinajstić information content (AvgIpc) is 3.31. The van der Waals surface area contributed by atoms with Crippen LogP contribution in [0.3, 0.4) is 0 Å². The summed E-state index contributed by atoms with van der Waals surface area (Å²) < 4.78 is 57.2. The molecule has 4 rings (SSSR count). The van der Waals surface area contributed by atoms with Crippen LogP contribution in [0.15, 0.2) is 30.5 Å². The number of carbonyl (C=O) groups is 1. The maximum absolute atomic E-state index is 13.9. The predicted molar refractivity (Wildman–Crippen MR) is 94.5 cm³/mol. The molecule has 2 saturated heterocycles. The van der Waals surface area contributed by atoms with E-state index < -0.39 is 17.6 Å². The Morgan fingerprint density at radius 3 is 2.66 bits per heavy atom. The molecule has 0 radical (unpaired) electrons. The lowest BCUT2D eigenvalue weighted by Gasteiger charge is -2.40. The molecule has 0 spiro atoms. The Morgan fingerprint density at radius 2 is 2.00 bits per heavy atom. The van der Waals surface area contributed by atoms with E-state index in [-0.39, 0.29) is 30.2 Å². The summed E-state index contributed by atoms with van der Waals surface area (Å²) in [6.45, 7) is 1.92. The van der Waals surface area contributed by atoms with Crippen LogP contribution in [-0.4, -0.2) is 58.3 Å². The van der Waals surface area contributed by atoms with Gasteiger partial charge in [-0.1, -0.05) is 6.07 Å². The number of benzene rings is 1. The molecule has 2 aliphatic heterocycles. The van der Waals surface area contributed by atoms with E-state index in [9.17, 15) is 22.4 Å². The minimum absolute atomic E-state index is 0.0599. The van der Waals surface area contributed by atoms with Gasteiger partial charge in [-0.2, -0.15) is 18.3 Å². The number of ether oxygens (including phenoxy) is 1. The van der Waals surface area contributed by atoms with Crippen LogP contribution in [-0.2, 0) is 17.5 Å². The normalized spacial score (nSPS) is 20.2. The number of amides is 2. The molecule has 2 amide bonds. The summed E-state index contributed by atoms with van der Waals surface area (Å²) >= 11 is 0. The van der Waals surface area contributed by atoms with Crippen molar-refractivity contribution in [2.75, 3.05) is 26.2 Å². The Kier molecular flexibility index (Phi) is 5.20. The second-order valence-electron chi connectivity index (χ2n) is 7.37. The van der Waals surface area contributed by atoms with Gasteiger partial charge in [0.15, 0.2) is 0 Å². The monoisotopic (exact) mass is 412 g/mol. The quantitative estimate of drug-likeness (QED) is 0.784. The van der Waals surface area contributed by atoms with Crippen molar-refractivity contribution in [2.24, 2.45) is 0 Å². The van der Waals surface area contributed by atoms with Gasteiger partial charge >= 0.3 is 12.2 Å². The summed E-state index contributed by atoms with van der Waals surface area (Å²) in [5.74, 6) is -0.702. The Balaban J connectivity index is 1.23. The SMILES string of the molecule is O=C(N1CC(OCc2ccc(C(F)(F)F)cc2F)C1)N1CCC(c2ccn[nH]2)C1. The number of halogens is 4. The number of hydrogen-bond donors (Lipinski definition) is 1. The van der Waals surface area contributed by atoms with E-state index in [1.807, 2.05) is 6.07 Å². The van der Waals surface area contributed by atoms with Crippen molar-refractivity contribution in [1.82, 2.24) is 20.0 Å². The van der Waals surface area contributed by atoms with Crippen LogP contribution in [0, 0.1) is 5.82 Å². The topological polar surface area (TPSA) is 61.5 Å². The van der Waals surface area contributed by atoms with Gasteiger partial charge in [0, 0.05) is 36.5 Å². The number of nitrogens with one attached hydrogen (secondary N) is 1. The molecule has 0 bridgehead atoms. The highest BCUT2D eigenvalue weighted by Crippen LogP contribution is 2.31. The van der Waals surface area contributed by atoms with Gasteiger partial charge in [-0.15, -0.1) is 0 Å². The molecule has 2 aromatic rings. The van der Waals surface area contributed by atoms with Gasteiger partial charge in [0.1, 0.15) is 5.82 Å². The molecule has 1 aromatic carbocycles. The maximum atomic E-state index is 13.9. The zero-order chi connectivity index (χ0) is 20.6. The van der Waals surface area contributed by atoms with E-state index in [0.717, 1.165) is 24.2 Å². The van der Waals surface area contributed by atoms with Gasteiger partial charge in [-0.3, -0.25) is 5.10 Å². The molecule has 10 heteroatoms.